The normalized spacial score (nSPS) is 19.3. The molecule has 1 aliphatic rings. The van der Waals surface area contributed by atoms with Gasteiger partial charge in [-0.1, -0.05) is 18.2 Å². The van der Waals surface area contributed by atoms with Crippen LogP contribution in [0, 0.1) is 0 Å². The molecule has 27 heavy (non-hydrogen) atoms. The summed E-state index contributed by atoms with van der Waals surface area (Å²) in [5, 5.41) is 4.47. The van der Waals surface area contributed by atoms with E-state index in [1.54, 1.807) is 7.11 Å². The van der Waals surface area contributed by atoms with Crippen LogP contribution < -0.4 is 5.32 Å². The molecule has 2 heterocycles. The van der Waals surface area contributed by atoms with Gasteiger partial charge in [-0.3, -0.25) is 4.79 Å². The van der Waals surface area contributed by atoms with Gasteiger partial charge in [0.15, 0.2) is 0 Å². The second kappa shape index (κ2) is 8.89. The number of carbonyl (C=O) groups excluding carboxylic acids is 1. The van der Waals surface area contributed by atoms with E-state index in [0.29, 0.717) is 13.0 Å². The second-order valence-electron chi connectivity index (χ2n) is 8.08. The lowest BCUT2D eigenvalue weighted by Crippen LogP contribution is -2.45. The van der Waals surface area contributed by atoms with Gasteiger partial charge >= 0.3 is 0 Å². The number of ether oxygens (including phenoxy) is 2. The smallest absolute Gasteiger partial charge is 0.220 e. The van der Waals surface area contributed by atoms with Gasteiger partial charge < -0.3 is 19.4 Å². The van der Waals surface area contributed by atoms with Crippen LogP contribution in [0.1, 0.15) is 45.1 Å². The third-order valence-corrected chi connectivity index (χ3v) is 5.32. The van der Waals surface area contributed by atoms with Gasteiger partial charge in [-0.15, -0.1) is 0 Å². The molecular formula is C22H32N2O3. The first kappa shape index (κ1) is 19.9. The third kappa shape index (κ3) is 5.33. The Bertz CT molecular complexity index is 766. The molecule has 3 rings (SSSR count). The fourth-order valence-corrected chi connectivity index (χ4v) is 3.99. The van der Waals surface area contributed by atoms with E-state index in [9.17, 15) is 4.79 Å². The first-order valence-corrected chi connectivity index (χ1v) is 9.97. The summed E-state index contributed by atoms with van der Waals surface area (Å²) in [4.78, 5) is 12.3. The van der Waals surface area contributed by atoms with Crippen LogP contribution in [0.3, 0.4) is 0 Å². The van der Waals surface area contributed by atoms with Crippen molar-refractivity contribution in [2.45, 2.75) is 64.1 Å². The molecule has 1 fully saturated rings. The lowest BCUT2D eigenvalue weighted by molar-refractivity contribution is -0.124. The maximum atomic E-state index is 12.3. The first-order valence-electron chi connectivity index (χ1n) is 9.97. The minimum atomic E-state index is -0.139. The van der Waals surface area contributed by atoms with Gasteiger partial charge in [-0.25, -0.2) is 0 Å². The Morgan fingerprint density at radius 3 is 2.96 bits per heavy atom. The number of benzene rings is 1. The first-order chi connectivity index (χ1) is 13.0. The number of hydrogen-bond acceptors (Lipinski definition) is 3. The number of carbonyl (C=O) groups is 1. The number of hydrogen-bond donors (Lipinski definition) is 1. The van der Waals surface area contributed by atoms with Gasteiger partial charge in [0.2, 0.25) is 5.91 Å². The van der Waals surface area contributed by atoms with E-state index in [-0.39, 0.29) is 17.6 Å². The van der Waals surface area contributed by atoms with Crippen LogP contribution in [-0.2, 0) is 27.2 Å². The molecule has 1 atom stereocenters. The van der Waals surface area contributed by atoms with Crippen molar-refractivity contribution in [3.63, 3.8) is 0 Å². The Hall–Kier alpha value is -1.85. The topological polar surface area (TPSA) is 52.5 Å². The van der Waals surface area contributed by atoms with Crippen LogP contribution in [-0.4, -0.2) is 42.4 Å². The molecule has 0 saturated carbocycles. The average molecular weight is 373 g/mol. The minimum Gasteiger partial charge on any atom is -0.383 e. The number of aryl methyl sites for hydroxylation is 1. The molecule has 0 spiro atoms. The van der Waals surface area contributed by atoms with Crippen molar-refractivity contribution in [2.24, 2.45) is 0 Å². The highest BCUT2D eigenvalue weighted by molar-refractivity contribution is 5.84. The van der Waals surface area contributed by atoms with Crippen molar-refractivity contribution in [1.82, 2.24) is 9.88 Å². The zero-order valence-corrected chi connectivity index (χ0v) is 16.8. The molecule has 2 aromatic rings. The molecule has 5 nitrogen and oxygen atoms in total. The standard InChI is InChI=1S/C22H32N2O3/c1-22(2)15-18(11-13-27-22)23-21(25)10-6-7-17-16-24(12-14-26-3)20-9-5-4-8-19(17)20/h4-5,8-9,16,18H,6-7,10-15H2,1-3H3,(H,23,25). The van der Waals surface area contributed by atoms with E-state index in [1.807, 2.05) is 0 Å². The highest BCUT2D eigenvalue weighted by atomic mass is 16.5. The van der Waals surface area contributed by atoms with Crippen molar-refractivity contribution in [2.75, 3.05) is 20.3 Å². The van der Waals surface area contributed by atoms with Gasteiger partial charge in [0.25, 0.3) is 0 Å². The highest BCUT2D eigenvalue weighted by Crippen LogP contribution is 2.25. The van der Waals surface area contributed by atoms with Crippen LogP contribution in [0.15, 0.2) is 30.5 Å². The van der Waals surface area contributed by atoms with E-state index >= 15 is 0 Å². The molecule has 1 aliphatic heterocycles. The molecule has 1 saturated heterocycles. The Balaban J connectivity index is 1.53. The van der Waals surface area contributed by atoms with Gasteiger partial charge in [-0.2, -0.15) is 0 Å². The molecule has 1 N–H and O–H groups in total. The summed E-state index contributed by atoms with van der Waals surface area (Å²) < 4.78 is 13.2. The zero-order valence-electron chi connectivity index (χ0n) is 16.8. The number of para-hydroxylation sites is 1. The van der Waals surface area contributed by atoms with Crippen LogP contribution >= 0.6 is 0 Å². The largest absolute Gasteiger partial charge is 0.383 e. The Morgan fingerprint density at radius 1 is 1.37 bits per heavy atom. The van der Waals surface area contributed by atoms with E-state index in [1.165, 1.54) is 16.5 Å². The Kier molecular flexibility index (Phi) is 6.55. The minimum absolute atomic E-state index is 0.139. The van der Waals surface area contributed by atoms with Crippen LogP contribution in [0.2, 0.25) is 0 Å². The lowest BCUT2D eigenvalue weighted by Gasteiger charge is -2.35. The van der Waals surface area contributed by atoms with Crippen LogP contribution in [0.4, 0.5) is 0 Å². The number of nitrogens with one attached hydrogen (secondary N) is 1. The SMILES string of the molecule is COCCn1cc(CCCC(=O)NC2CCOC(C)(C)C2)c2ccccc21. The summed E-state index contributed by atoms with van der Waals surface area (Å²) >= 11 is 0. The van der Waals surface area contributed by atoms with Crippen LogP contribution in [0.25, 0.3) is 10.9 Å². The summed E-state index contributed by atoms with van der Waals surface area (Å²) in [5.41, 5.74) is 2.40. The van der Waals surface area contributed by atoms with E-state index in [0.717, 1.165) is 38.8 Å². The molecule has 5 heteroatoms. The molecule has 1 amide bonds. The molecule has 148 valence electrons. The maximum absolute atomic E-state index is 12.3. The number of amides is 1. The zero-order chi connectivity index (χ0) is 19.3. The van der Waals surface area contributed by atoms with E-state index in [2.05, 4.69) is 54.2 Å². The van der Waals surface area contributed by atoms with Gasteiger partial charge in [0.1, 0.15) is 0 Å². The molecule has 0 bridgehead atoms. The van der Waals surface area contributed by atoms with Crippen molar-refractivity contribution in [3.05, 3.63) is 36.0 Å². The van der Waals surface area contributed by atoms with Crippen LogP contribution in [0.5, 0.6) is 0 Å². The fraction of sp³-hybridized carbons (Fsp3) is 0.591. The predicted octanol–water partition coefficient (Wildman–Crippen LogP) is 3.68. The van der Waals surface area contributed by atoms with Crippen molar-refractivity contribution >= 4 is 16.8 Å². The predicted molar refractivity (Wildman–Crippen MR) is 108 cm³/mol. The summed E-state index contributed by atoms with van der Waals surface area (Å²) in [6, 6.07) is 8.69. The highest BCUT2D eigenvalue weighted by Gasteiger charge is 2.29. The fourth-order valence-electron chi connectivity index (χ4n) is 3.99. The molecule has 1 aromatic heterocycles. The van der Waals surface area contributed by atoms with E-state index in [4.69, 9.17) is 9.47 Å². The van der Waals surface area contributed by atoms with Gasteiger partial charge in [0, 0.05) is 49.8 Å². The summed E-state index contributed by atoms with van der Waals surface area (Å²) in [5.74, 6) is 0.154. The average Bonchev–Trinajstić information content (AvgIpc) is 2.97. The molecule has 1 aromatic carbocycles. The second-order valence-corrected chi connectivity index (χ2v) is 8.08. The summed E-state index contributed by atoms with van der Waals surface area (Å²) in [7, 11) is 1.73. The van der Waals surface area contributed by atoms with Crippen molar-refractivity contribution < 1.29 is 14.3 Å². The third-order valence-electron chi connectivity index (χ3n) is 5.32. The van der Waals surface area contributed by atoms with E-state index < -0.39 is 0 Å². The quantitative estimate of drug-likeness (QED) is 0.769. The lowest BCUT2D eigenvalue weighted by atomic mass is 9.94. The monoisotopic (exact) mass is 372 g/mol. The number of nitrogens with zero attached hydrogens (tertiary/aromatic N) is 1. The number of methoxy groups -OCH3 is 1. The number of rotatable bonds is 8. The van der Waals surface area contributed by atoms with Gasteiger partial charge in [0.05, 0.1) is 12.2 Å². The van der Waals surface area contributed by atoms with Crippen molar-refractivity contribution in [1.29, 1.82) is 0 Å². The molecule has 0 aliphatic carbocycles. The summed E-state index contributed by atoms with van der Waals surface area (Å²) in [6.07, 6.45) is 6.33. The number of fused-ring (bicyclic) bond motifs is 1. The molecular weight excluding hydrogens is 340 g/mol. The maximum Gasteiger partial charge on any atom is 0.220 e. The van der Waals surface area contributed by atoms with Gasteiger partial charge in [-0.05, 0) is 51.2 Å². The number of aromatic nitrogens is 1. The molecule has 0 radical (unpaired) electrons. The Labute approximate surface area is 162 Å². The van der Waals surface area contributed by atoms with Crippen molar-refractivity contribution in [3.8, 4) is 0 Å². The molecule has 1 unspecified atom stereocenters. The Morgan fingerprint density at radius 2 is 2.19 bits per heavy atom. The summed E-state index contributed by atoms with van der Waals surface area (Å²) in [6.45, 7) is 6.44.